The largest absolute Gasteiger partial charge is 0.497 e. The molecule has 8 heteroatoms. The average Bonchev–Trinajstić information content (AvgIpc) is 2.71. The Balaban J connectivity index is 2.47. The summed E-state index contributed by atoms with van der Waals surface area (Å²) in [5, 5.41) is 13.8. The molecule has 0 fully saturated rings. The molecule has 2 aromatic carbocycles. The number of hydrogen-bond donors (Lipinski definition) is 1. The molecule has 0 heterocycles. The number of methoxy groups -OCH3 is 2. The molecule has 1 amide bonds. The molecule has 0 bridgehead atoms. The van der Waals surface area contributed by atoms with E-state index < -0.39 is 4.92 Å². The van der Waals surface area contributed by atoms with Crippen molar-refractivity contribution in [3.8, 4) is 11.5 Å². The van der Waals surface area contributed by atoms with Gasteiger partial charge in [-0.2, -0.15) is 0 Å². The molecule has 8 nitrogen and oxygen atoms in total. The van der Waals surface area contributed by atoms with E-state index in [1.165, 1.54) is 12.1 Å². The molecular weight excluding hydrogens is 374 g/mol. The Labute approximate surface area is 169 Å². The van der Waals surface area contributed by atoms with E-state index in [1.54, 1.807) is 50.6 Å². The first-order chi connectivity index (χ1) is 13.8. The summed E-state index contributed by atoms with van der Waals surface area (Å²) in [5.74, 6) is 0.907. The number of rotatable bonds is 9. The smallest absolute Gasteiger partial charge is 0.269 e. The Bertz CT molecular complexity index is 892. The lowest BCUT2D eigenvalue weighted by Gasteiger charge is -2.14. The lowest BCUT2D eigenvalue weighted by atomic mass is 10.0. The van der Waals surface area contributed by atoms with Crippen molar-refractivity contribution in [3.63, 3.8) is 0 Å². The van der Waals surface area contributed by atoms with E-state index in [0.717, 1.165) is 0 Å². The van der Waals surface area contributed by atoms with E-state index in [9.17, 15) is 14.9 Å². The van der Waals surface area contributed by atoms with Crippen LogP contribution in [-0.2, 0) is 4.79 Å². The first-order valence-corrected chi connectivity index (χ1v) is 8.97. The van der Waals surface area contributed by atoms with Crippen LogP contribution >= 0.6 is 0 Å². The third-order valence-electron chi connectivity index (χ3n) is 4.22. The Morgan fingerprint density at radius 2 is 1.83 bits per heavy atom. The van der Waals surface area contributed by atoms with Gasteiger partial charge in [0.05, 0.1) is 19.1 Å². The lowest BCUT2D eigenvalue weighted by molar-refractivity contribution is -0.384. The van der Waals surface area contributed by atoms with Crippen molar-refractivity contribution in [1.29, 1.82) is 0 Å². The highest BCUT2D eigenvalue weighted by molar-refractivity contribution is 6.24. The standard InChI is InChI=1S/C21H25N3O5/c1-23(2)12-11-22-21(25)19(15-5-7-17(8-6-15)24(26)27)14-16-13-18(28-3)9-10-20(16)29-4/h5-10,13-14H,11-12H2,1-4H3,(H,22,25). The molecule has 0 aromatic heterocycles. The van der Waals surface area contributed by atoms with Crippen LogP contribution in [0.3, 0.4) is 0 Å². The zero-order valence-corrected chi connectivity index (χ0v) is 17.0. The summed E-state index contributed by atoms with van der Waals surface area (Å²) in [6, 6.07) is 11.1. The number of carbonyl (C=O) groups is 1. The van der Waals surface area contributed by atoms with Crippen molar-refractivity contribution in [2.45, 2.75) is 0 Å². The van der Waals surface area contributed by atoms with Crippen LogP contribution in [0, 0.1) is 10.1 Å². The van der Waals surface area contributed by atoms with Gasteiger partial charge in [0, 0.05) is 36.4 Å². The van der Waals surface area contributed by atoms with Gasteiger partial charge in [-0.3, -0.25) is 14.9 Å². The van der Waals surface area contributed by atoms with Crippen LogP contribution in [-0.4, -0.2) is 57.1 Å². The number of carbonyl (C=O) groups excluding carboxylic acids is 1. The van der Waals surface area contributed by atoms with Gasteiger partial charge in [-0.05, 0) is 56.1 Å². The molecule has 0 aliphatic carbocycles. The second-order valence-electron chi connectivity index (χ2n) is 6.53. The van der Waals surface area contributed by atoms with Gasteiger partial charge >= 0.3 is 0 Å². The molecule has 154 valence electrons. The molecular formula is C21H25N3O5. The molecule has 0 aliphatic rings. The SMILES string of the molecule is COc1ccc(OC)c(C=C(C(=O)NCCN(C)C)c2ccc([N+](=O)[O-])cc2)c1. The van der Waals surface area contributed by atoms with E-state index >= 15 is 0 Å². The van der Waals surface area contributed by atoms with Crippen molar-refractivity contribution in [1.82, 2.24) is 10.2 Å². The zero-order chi connectivity index (χ0) is 21.4. The molecule has 0 atom stereocenters. The third-order valence-corrected chi connectivity index (χ3v) is 4.22. The quantitative estimate of drug-likeness (QED) is 0.302. The molecule has 29 heavy (non-hydrogen) atoms. The number of hydrogen-bond acceptors (Lipinski definition) is 6. The number of nitro groups is 1. The Morgan fingerprint density at radius 1 is 1.14 bits per heavy atom. The van der Waals surface area contributed by atoms with Crippen LogP contribution in [0.1, 0.15) is 11.1 Å². The first kappa shape index (κ1) is 21.9. The van der Waals surface area contributed by atoms with Gasteiger partial charge in [-0.1, -0.05) is 0 Å². The highest BCUT2D eigenvalue weighted by Crippen LogP contribution is 2.29. The molecule has 1 N–H and O–H groups in total. The van der Waals surface area contributed by atoms with Gasteiger partial charge in [0.25, 0.3) is 11.6 Å². The normalized spacial score (nSPS) is 11.3. The number of non-ortho nitro benzene ring substituents is 1. The molecule has 0 saturated carbocycles. The van der Waals surface area contributed by atoms with Crippen molar-refractivity contribution >= 4 is 23.2 Å². The van der Waals surface area contributed by atoms with Gasteiger partial charge in [-0.25, -0.2) is 0 Å². The van der Waals surface area contributed by atoms with Crippen LogP contribution < -0.4 is 14.8 Å². The minimum atomic E-state index is -0.477. The average molecular weight is 399 g/mol. The molecule has 0 aliphatic heterocycles. The maximum absolute atomic E-state index is 12.9. The summed E-state index contributed by atoms with van der Waals surface area (Å²) in [4.78, 5) is 25.3. The van der Waals surface area contributed by atoms with Crippen LogP contribution in [0.15, 0.2) is 42.5 Å². The first-order valence-electron chi connectivity index (χ1n) is 8.97. The number of ether oxygens (including phenoxy) is 2. The fourth-order valence-corrected chi connectivity index (χ4v) is 2.64. The van der Waals surface area contributed by atoms with E-state index in [1.807, 2.05) is 19.0 Å². The molecule has 0 saturated heterocycles. The fourth-order valence-electron chi connectivity index (χ4n) is 2.64. The van der Waals surface area contributed by atoms with Crippen LogP contribution in [0.5, 0.6) is 11.5 Å². The maximum atomic E-state index is 12.9. The predicted molar refractivity (Wildman–Crippen MR) is 112 cm³/mol. The van der Waals surface area contributed by atoms with Crippen LogP contribution in [0.4, 0.5) is 5.69 Å². The lowest BCUT2D eigenvalue weighted by Crippen LogP contribution is -2.31. The molecule has 2 aromatic rings. The summed E-state index contributed by atoms with van der Waals surface area (Å²) in [5.41, 5.74) is 1.54. The Kier molecular flexibility index (Phi) is 7.73. The van der Waals surface area contributed by atoms with Gasteiger partial charge in [0.15, 0.2) is 0 Å². The molecule has 2 rings (SSSR count). The van der Waals surface area contributed by atoms with E-state index in [2.05, 4.69) is 5.32 Å². The van der Waals surface area contributed by atoms with E-state index in [4.69, 9.17) is 9.47 Å². The number of benzene rings is 2. The summed E-state index contributed by atoms with van der Waals surface area (Å²) in [7, 11) is 6.93. The van der Waals surface area contributed by atoms with Gasteiger partial charge in [0.2, 0.25) is 0 Å². The maximum Gasteiger partial charge on any atom is 0.269 e. The molecule has 0 unspecified atom stereocenters. The Hall–Kier alpha value is -3.39. The minimum Gasteiger partial charge on any atom is -0.497 e. The monoisotopic (exact) mass is 399 g/mol. The van der Waals surface area contributed by atoms with Crippen molar-refractivity contribution in [3.05, 3.63) is 63.7 Å². The van der Waals surface area contributed by atoms with Gasteiger partial charge in [-0.15, -0.1) is 0 Å². The molecule has 0 spiro atoms. The minimum absolute atomic E-state index is 0.0416. The summed E-state index contributed by atoms with van der Waals surface area (Å²) in [6.07, 6.45) is 1.69. The number of nitrogens with zero attached hydrogens (tertiary/aromatic N) is 2. The highest BCUT2D eigenvalue weighted by Gasteiger charge is 2.15. The number of nitro benzene ring substituents is 1. The predicted octanol–water partition coefficient (Wildman–Crippen LogP) is 2.83. The summed E-state index contributed by atoms with van der Waals surface area (Å²) >= 11 is 0. The second kappa shape index (κ2) is 10.2. The highest BCUT2D eigenvalue weighted by atomic mass is 16.6. The van der Waals surface area contributed by atoms with E-state index in [-0.39, 0.29) is 11.6 Å². The van der Waals surface area contributed by atoms with Crippen LogP contribution in [0.25, 0.3) is 11.6 Å². The van der Waals surface area contributed by atoms with Gasteiger partial charge in [0.1, 0.15) is 11.5 Å². The zero-order valence-electron chi connectivity index (χ0n) is 17.0. The molecule has 0 radical (unpaired) electrons. The number of likely N-dealkylation sites (N-methyl/N-ethyl adjacent to an activating group) is 1. The van der Waals surface area contributed by atoms with Crippen molar-refractivity contribution < 1.29 is 19.2 Å². The van der Waals surface area contributed by atoms with E-state index in [0.29, 0.717) is 41.3 Å². The van der Waals surface area contributed by atoms with Crippen molar-refractivity contribution in [2.75, 3.05) is 41.4 Å². The van der Waals surface area contributed by atoms with Gasteiger partial charge < -0.3 is 19.7 Å². The fraction of sp³-hybridized carbons (Fsp3) is 0.286. The Morgan fingerprint density at radius 3 is 2.38 bits per heavy atom. The summed E-state index contributed by atoms with van der Waals surface area (Å²) < 4.78 is 10.7. The third kappa shape index (κ3) is 6.05. The summed E-state index contributed by atoms with van der Waals surface area (Å²) in [6.45, 7) is 1.15. The van der Waals surface area contributed by atoms with Crippen LogP contribution in [0.2, 0.25) is 0 Å². The number of amides is 1. The number of nitrogens with one attached hydrogen (secondary N) is 1. The topological polar surface area (TPSA) is 93.9 Å². The second-order valence-corrected chi connectivity index (χ2v) is 6.53. The van der Waals surface area contributed by atoms with Crippen molar-refractivity contribution in [2.24, 2.45) is 0 Å².